The molecular formula is C17H29N3. The van der Waals surface area contributed by atoms with E-state index in [0.717, 1.165) is 12.4 Å². The van der Waals surface area contributed by atoms with Crippen LogP contribution in [0, 0.1) is 6.92 Å². The minimum absolute atomic E-state index is 0.514. The summed E-state index contributed by atoms with van der Waals surface area (Å²) >= 11 is 0. The molecule has 0 radical (unpaired) electrons. The van der Waals surface area contributed by atoms with E-state index in [1.54, 1.807) is 0 Å². The molecule has 0 amide bonds. The minimum Gasteiger partial charge on any atom is -0.356 e. The molecule has 112 valence electrons. The Balaban J connectivity index is 2.04. The van der Waals surface area contributed by atoms with Crippen molar-refractivity contribution in [3.05, 3.63) is 23.4 Å². The molecular weight excluding hydrogens is 246 g/mol. The highest BCUT2D eigenvalue weighted by molar-refractivity contribution is 5.47. The lowest BCUT2D eigenvalue weighted by Gasteiger charge is -2.33. The lowest BCUT2D eigenvalue weighted by atomic mass is 9.94. The van der Waals surface area contributed by atoms with Crippen LogP contribution >= 0.6 is 0 Å². The second-order valence-corrected chi connectivity index (χ2v) is 6.42. The highest BCUT2D eigenvalue weighted by Crippen LogP contribution is 2.27. The van der Waals surface area contributed by atoms with Gasteiger partial charge in [0.25, 0.3) is 0 Å². The van der Waals surface area contributed by atoms with Gasteiger partial charge in [0.2, 0.25) is 0 Å². The van der Waals surface area contributed by atoms with Crippen LogP contribution in [0.1, 0.15) is 57.1 Å². The maximum absolute atomic E-state index is 4.72. The van der Waals surface area contributed by atoms with Crippen molar-refractivity contribution in [3.8, 4) is 0 Å². The summed E-state index contributed by atoms with van der Waals surface area (Å²) in [7, 11) is 2.21. The fourth-order valence-electron chi connectivity index (χ4n) is 3.05. The van der Waals surface area contributed by atoms with Crippen LogP contribution < -0.4 is 10.2 Å². The van der Waals surface area contributed by atoms with E-state index in [9.17, 15) is 0 Å². The molecule has 0 saturated heterocycles. The van der Waals surface area contributed by atoms with Gasteiger partial charge >= 0.3 is 0 Å². The molecule has 1 aromatic rings. The molecule has 2 rings (SSSR count). The van der Waals surface area contributed by atoms with Crippen molar-refractivity contribution in [2.75, 3.05) is 11.9 Å². The van der Waals surface area contributed by atoms with Gasteiger partial charge in [-0.2, -0.15) is 0 Å². The number of nitrogens with zero attached hydrogens (tertiary/aromatic N) is 2. The number of aryl methyl sites for hydroxylation is 1. The Labute approximate surface area is 123 Å². The zero-order valence-corrected chi connectivity index (χ0v) is 13.4. The van der Waals surface area contributed by atoms with Crippen molar-refractivity contribution in [2.45, 2.75) is 71.5 Å². The van der Waals surface area contributed by atoms with Crippen molar-refractivity contribution in [2.24, 2.45) is 0 Å². The normalized spacial score (nSPS) is 16.6. The third kappa shape index (κ3) is 3.95. The number of nitrogens with one attached hydrogen (secondary N) is 1. The van der Waals surface area contributed by atoms with Crippen molar-refractivity contribution in [1.29, 1.82) is 0 Å². The van der Waals surface area contributed by atoms with Gasteiger partial charge in [0, 0.05) is 31.9 Å². The first-order chi connectivity index (χ1) is 9.58. The van der Waals surface area contributed by atoms with Crippen LogP contribution in [0.25, 0.3) is 0 Å². The third-order valence-corrected chi connectivity index (χ3v) is 4.28. The topological polar surface area (TPSA) is 28.2 Å². The fraction of sp³-hybridized carbons (Fsp3) is 0.706. The summed E-state index contributed by atoms with van der Waals surface area (Å²) in [5.74, 6) is 1.16. The Morgan fingerprint density at radius 3 is 2.60 bits per heavy atom. The van der Waals surface area contributed by atoms with Crippen molar-refractivity contribution >= 4 is 5.82 Å². The highest BCUT2D eigenvalue weighted by Gasteiger charge is 2.20. The summed E-state index contributed by atoms with van der Waals surface area (Å²) in [6, 6.07) is 3.46. The van der Waals surface area contributed by atoms with Gasteiger partial charge in [-0.05, 0) is 37.0 Å². The van der Waals surface area contributed by atoms with Crippen LogP contribution in [-0.2, 0) is 6.54 Å². The average molecular weight is 275 g/mol. The molecule has 1 saturated carbocycles. The second kappa shape index (κ2) is 7.07. The first kappa shape index (κ1) is 15.3. The fourth-order valence-corrected chi connectivity index (χ4v) is 3.05. The summed E-state index contributed by atoms with van der Waals surface area (Å²) in [5, 5.41) is 3.45. The van der Waals surface area contributed by atoms with E-state index in [0.29, 0.717) is 12.1 Å². The van der Waals surface area contributed by atoms with Crippen molar-refractivity contribution in [1.82, 2.24) is 10.3 Å². The van der Waals surface area contributed by atoms with E-state index in [1.807, 2.05) is 6.20 Å². The van der Waals surface area contributed by atoms with Crippen LogP contribution in [0.4, 0.5) is 5.82 Å². The molecule has 1 aliphatic carbocycles. The van der Waals surface area contributed by atoms with Gasteiger partial charge in [0.1, 0.15) is 5.82 Å². The lowest BCUT2D eigenvalue weighted by Crippen LogP contribution is -2.34. The maximum atomic E-state index is 4.72. The van der Waals surface area contributed by atoms with Gasteiger partial charge in [0.05, 0.1) is 0 Å². The number of rotatable bonds is 5. The van der Waals surface area contributed by atoms with Crippen LogP contribution in [0.2, 0.25) is 0 Å². The molecule has 1 heterocycles. The SMILES string of the molecule is Cc1cc(CNC(C)C)cnc1N(C)C1CCCCC1. The van der Waals surface area contributed by atoms with E-state index < -0.39 is 0 Å². The summed E-state index contributed by atoms with van der Waals surface area (Å²) in [5.41, 5.74) is 2.57. The van der Waals surface area contributed by atoms with E-state index in [4.69, 9.17) is 4.98 Å². The Kier molecular flexibility index (Phi) is 5.41. The average Bonchev–Trinajstić information content (AvgIpc) is 2.45. The largest absolute Gasteiger partial charge is 0.356 e. The highest BCUT2D eigenvalue weighted by atomic mass is 15.2. The molecule has 20 heavy (non-hydrogen) atoms. The minimum atomic E-state index is 0.514. The molecule has 0 spiro atoms. The lowest BCUT2D eigenvalue weighted by molar-refractivity contribution is 0.425. The van der Waals surface area contributed by atoms with Crippen LogP contribution in [0.5, 0.6) is 0 Å². The summed E-state index contributed by atoms with van der Waals surface area (Å²) < 4.78 is 0. The van der Waals surface area contributed by atoms with Gasteiger partial charge < -0.3 is 10.2 Å². The van der Waals surface area contributed by atoms with Crippen LogP contribution in [-0.4, -0.2) is 24.1 Å². The Hall–Kier alpha value is -1.09. The quantitative estimate of drug-likeness (QED) is 0.889. The van der Waals surface area contributed by atoms with Gasteiger partial charge in [-0.15, -0.1) is 0 Å². The molecule has 0 unspecified atom stereocenters. The number of pyridine rings is 1. The monoisotopic (exact) mass is 275 g/mol. The number of hydrogen-bond donors (Lipinski definition) is 1. The van der Waals surface area contributed by atoms with Gasteiger partial charge in [-0.1, -0.05) is 33.1 Å². The van der Waals surface area contributed by atoms with Crippen LogP contribution in [0.15, 0.2) is 12.3 Å². The molecule has 1 fully saturated rings. The van der Waals surface area contributed by atoms with E-state index in [-0.39, 0.29) is 0 Å². The van der Waals surface area contributed by atoms with Gasteiger partial charge in [-0.3, -0.25) is 0 Å². The molecule has 3 nitrogen and oxygen atoms in total. The van der Waals surface area contributed by atoms with Gasteiger partial charge in [0.15, 0.2) is 0 Å². The van der Waals surface area contributed by atoms with E-state index in [1.165, 1.54) is 43.2 Å². The summed E-state index contributed by atoms with van der Waals surface area (Å²) in [6.07, 6.45) is 8.78. The Morgan fingerprint density at radius 1 is 1.30 bits per heavy atom. The first-order valence-corrected chi connectivity index (χ1v) is 7.99. The predicted molar refractivity (Wildman–Crippen MR) is 86.2 cm³/mol. The van der Waals surface area contributed by atoms with E-state index in [2.05, 4.69) is 44.1 Å². The summed E-state index contributed by atoms with van der Waals surface area (Å²) in [6.45, 7) is 7.43. The summed E-state index contributed by atoms with van der Waals surface area (Å²) in [4.78, 5) is 7.11. The van der Waals surface area contributed by atoms with Crippen LogP contribution in [0.3, 0.4) is 0 Å². The molecule has 3 heteroatoms. The standard InChI is InChI=1S/C17H29N3/c1-13(2)18-11-15-10-14(3)17(19-12-15)20(4)16-8-6-5-7-9-16/h10,12-13,16,18H,5-9,11H2,1-4H3. The number of hydrogen-bond acceptors (Lipinski definition) is 3. The zero-order chi connectivity index (χ0) is 14.5. The Morgan fingerprint density at radius 2 is 2.00 bits per heavy atom. The molecule has 0 bridgehead atoms. The third-order valence-electron chi connectivity index (χ3n) is 4.28. The molecule has 0 aliphatic heterocycles. The van der Waals surface area contributed by atoms with Crippen molar-refractivity contribution < 1.29 is 0 Å². The molecule has 0 aromatic carbocycles. The predicted octanol–water partition coefficient (Wildman–Crippen LogP) is 3.66. The second-order valence-electron chi connectivity index (χ2n) is 6.42. The number of anilines is 1. The molecule has 1 aliphatic rings. The Bertz CT molecular complexity index is 422. The molecule has 1 N–H and O–H groups in total. The smallest absolute Gasteiger partial charge is 0.131 e. The molecule has 1 aromatic heterocycles. The van der Waals surface area contributed by atoms with E-state index >= 15 is 0 Å². The molecule has 0 atom stereocenters. The number of aromatic nitrogens is 1. The van der Waals surface area contributed by atoms with Crippen molar-refractivity contribution in [3.63, 3.8) is 0 Å². The first-order valence-electron chi connectivity index (χ1n) is 7.99. The zero-order valence-electron chi connectivity index (χ0n) is 13.4. The maximum Gasteiger partial charge on any atom is 0.131 e. The van der Waals surface area contributed by atoms with Gasteiger partial charge in [-0.25, -0.2) is 4.98 Å².